The van der Waals surface area contributed by atoms with Crippen LogP contribution in [0.25, 0.3) is 6.08 Å². The molecule has 1 atom stereocenters. The molecule has 1 saturated carbocycles. The Hall–Kier alpha value is -2.06. The standard InChI is InChI=1S/C19H23N3O3S2/c1-13(25-17(23)9-8-15-12-27-14(2)21-15)18(24)22(19-20-10-11-26-19)16-6-4-3-5-7-16/h8-13,16H,3-7H2,1-2H3/b9-8-/t13-/m0/s1. The highest BCUT2D eigenvalue weighted by Gasteiger charge is 2.32. The fourth-order valence-electron chi connectivity index (χ4n) is 3.17. The van der Waals surface area contributed by atoms with Gasteiger partial charge in [-0.3, -0.25) is 9.69 Å². The predicted molar refractivity (Wildman–Crippen MR) is 108 cm³/mol. The lowest BCUT2D eigenvalue weighted by atomic mass is 9.94. The van der Waals surface area contributed by atoms with Crippen LogP contribution in [0.5, 0.6) is 0 Å². The van der Waals surface area contributed by atoms with Crippen molar-refractivity contribution in [2.75, 3.05) is 4.90 Å². The Bertz CT molecular complexity index is 795. The molecule has 1 amide bonds. The lowest BCUT2D eigenvalue weighted by Crippen LogP contribution is -2.47. The van der Waals surface area contributed by atoms with Gasteiger partial charge in [0.1, 0.15) is 0 Å². The van der Waals surface area contributed by atoms with Crippen LogP contribution in [-0.2, 0) is 14.3 Å². The molecule has 3 rings (SSSR count). The number of thiazole rings is 2. The second-order valence-electron chi connectivity index (χ2n) is 6.52. The summed E-state index contributed by atoms with van der Waals surface area (Å²) in [6.07, 6.45) is 9.04. The van der Waals surface area contributed by atoms with Crippen LogP contribution < -0.4 is 4.90 Å². The molecule has 0 unspecified atom stereocenters. The number of esters is 1. The van der Waals surface area contributed by atoms with Crippen LogP contribution in [0.3, 0.4) is 0 Å². The number of carbonyl (C=O) groups excluding carboxylic acids is 2. The number of amides is 1. The van der Waals surface area contributed by atoms with E-state index in [0.29, 0.717) is 10.8 Å². The zero-order valence-corrected chi connectivity index (χ0v) is 17.1. The minimum atomic E-state index is -0.870. The number of ether oxygens (including phenoxy) is 1. The number of rotatable bonds is 6. The summed E-state index contributed by atoms with van der Waals surface area (Å²) in [4.78, 5) is 35.4. The summed E-state index contributed by atoms with van der Waals surface area (Å²) in [5.41, 5.74) is 0.708. The summed E-state index contributed by atoms with van der Waals surface area (Å²) in [6.45, 7) is 3.52. The van der Waals surface area contributed by atoms with Gasteiger partial charge in [-0.05, 0) is 32.8 Å². The first kappa shape index (κ1) is 19.7. The second-order valence-corrected chi connectivity index (χ2v) is 8.45. The zero-order chi connectivity index (χ0) is 19.2. The van der Waals surface area contributed by atoms with Crippen molar-refractivity contribution in [3.8, 4) is 0 Å². The average molecular weight is 406 g/mol. The van der Waals surface area contributed by atoms with Gasteiger partial charge >= 0.3 is 5.97 Å². The van der Waals surface area contributed by atoms with Gasteiger partial charge in [0.15, 0.2) is 11.2 Å². The predicted octanol–water partition coefficient (Wildman–Crippen LogP) is 4.22. The van der Waals surface area contributed by atoms with E-state index in [1.165, 1.54) is 35.2 Å². The first-order valence-corrected chi connectivity index (χ1v) is 10.8. The third-order valence-electron chi connectivity index (χ3n) is 4.47. The lowest BCUT2D eigenvalue weighted by molar-refractivity contribution is -0.149. The minimum absolute atomic E-state index is 0.118. The smallest absolute Gasteiger partial charge is 0.331 e. The van der Waals surface area contributed by atoms with E-state index in [4.69, 9.17) is 4.74 Å². The molecule has 1 aliphatic carbocycles. The van der Waals surface area contributed by atoms with Gasteiger partial charge in [-0.15, -0.1) is 22.7 Å². The molecule has 144 valence electrons. The van der Waals surface area contributed by atoms with Crippen LogP contribution in [0.2, 0.25) is 0 Å². The maximum absolute atomic E-state index is 13.0. The largest absolute Gasteiger partial charge is 0.449 e. The molecule has 2 aromatic heterocycles. The summed E-state index contributed by atoms with van der Waals surface area (Å²) in [5, 5.41) is 5.32. The molecule has 27 heavy (non-hydrogen) atoms. The SMILES string of the molecule is Cc1nc(/C=C\C(=O)O[C@@H](C)C(=O)N(c2nccs2)C2CCCCC2)cs1. The summed E-state index contributed by atoms with van der Waals surface area (Å²) < 4.78 is 5.35. The van der Waals surface area contributed by atoms with Crippen molar-refractivity contribution in [3.05, 3.63) is 33.7 Å². The van der Waals surface area contributed by atoms with Gasteiger partial charge in [0, 0.05) is 29.1 Å². The molecule has 1 fully saturated rings. The number of aryl methyl sites for hydroxylation is 1. The van der Waals surface area contributed by atoms with E-state index in [9.17, 15) is 9.59 Å². The van der Waals surface area contributed by atoms with Crippen molar-refractivity contribution < 1.29 is 14.3 Å². The molecule has 2 aromatic rings. The van der Waals surface area contributed by atoms with E-state index in [2.05, 4.69) is 9.97 Å². The Labute approximate surface area is 166 Å². The van der Waals surface area contributed by atoms with E-state index >= 15 is 0 Å². The van der Waals surface area contributed by atoms with Gasteiger partial charge in [0.05, 0.1) is 10.7 Å². The Morgan fingerprint density at radius 3 is 2.70 bits per heavy atom. The molecule has 6 nitrogen and oxygen atoms in total. The van der Waals surface area contributed by atoms with E-state index in [1.807, 2.05) is 17.7 Å². The second kappa shape index (κ2) is 9.23. The molecule has 0 radical (unpaired) electrons. The van der Waals surface area contributed by atoms with Crippen molar-refractivity contribution in [1.82, 2.24) is 9.97 Å². The molecule has 0 N–H and O–H groups in total. The van der Waals surface area contributed by atoms with Crippen molar-refractivity contribution in [2.24, 2.45) is 0 Å². The molecular formula is C19H23N3O3S2. The highest BCUT2D eigenvalue weighted by atomic mass is 32.1. The first-order valence-electron chi connectivity index (χ1n) is 9.08. The van der Waals surface area contributed by atoms with Crippen LogP contribution >= 0.6 is 22.7 Å². The summed E-state index contributed by atoms with van der Waals surface area (Å²) in [5.74, 6) is -0.771. The lowest BCUT2D eigenvalue weighted by Gasteiger charge is -2.33. The fraction of sp³-hybridized carbons (Fsp3) is 0.474. The third kappa shape index (κ3) is 5.23. The molecule has 1 aliphatic rings. The van der Waals surface area contributed by atoms with Gasteiger partial charge in [-0.2, -0.15) is 0 Å². The van der Waals surface area contributed by atoms with E-state index in [1.54, 1.807) is 24.1 Å². The van der Waals surface area contributed by atoms with Gasteiger partial charge in [0.2, 0.25) is 0 Å². The maximum Gasteiger partial charge on any atom is 0.331 e. The Morgan fingerprint density at radius 2 is 2.07 bits per heavy atom. The highest BCUT2D eigenvalue weighted by Crippen LogP contribution is 2.29. The van der Waals surface area contributed by atoms with Crippen LogP contribution in [-0.4, -0.2) is 34.0 Å². The molecule has 0 saturated heterocycles. The summed E-state index contributed by atoms with van der Waals surface area (Å²) in [7, 11) is 0. The van der Waals surface area contributed by atoms with Crippen LogP contribution in [0, 0.1) is 6.92 Å². The number of aromatic nitrogens is 2. The van der Waals surface area contributed by atoms with E-state index in [0.717, 1.165) is 30.7 Å². The maximum atomic E-state index is 13.0. The third-order valence-corrected chi connectivity index (χ3v) is 6.03. The number of nitrogens with zero attached hydrogens (tertiary/aromatic N) is 3. The fourth-order valence-corrected chi connectivity index (χ4v) is 4.47. The number of anilines is 1. The van der Waals surface area contributed by atoms with E-state index in [-0.39, 0.29) is 11.9 Å². The van der Waals surface area contributed by atoms with Crippen LogP contribution in [0.1, 0.15) is 49.7 Å². The van der Waals surface area contributed by atoms with Gasteiger partial charge < -0.3 is 4.74 Å². The monoisotopic (exact) mass is 405 g/mol. The number of hydrogen-bond acceptors (Lipinski definition) is 7. The van der Waals surface area contributed by atoms with Gasteiger partial charge in [0.25, 0.3) is 5.91 Å². The Kier molecular flexibility index (Phi) is 6.73. The summed E-state index contributed by atoms with van der Waals surface area (Å²) in [6, 6.07) is 0.118. The van der Waals surface area contributed by atoms with E-state index < -0.39 is 12.1 Å². The number of hydrogen-bond donors (Lipinski definition) is 0. The van der Waals surface area contributed by atoms with Gasteiger partial charge in [-0.25, -0.2) is 14.8 Å². The quantitative estimate of drug-likeness (QED) is 0.531. The first-order chi connectivity index (χ1) is 13.0. The zero-order valence-electron chi connectivity index (χ0n) is 15.5. The number of carbonyl (C=O) groups is 2. The van der Waals surface area contributed by atoms with Gasteiger partial charge in [-0.1, -0.05) is 19.3 Å². The summed E-state index contributed by atoms with van der Waals surface area (Å²) >= 11 is 2.94. The van der Waals surface area contributed by atoms with Crippen molar-refractivity contribution in [3.63, 3.8) is 0 Å². The molecule has 0 aromatic carbocycles. The molecule has 0 spiro atoms. The van der Waals surface area contributed by atoms with Crippen LogP contribution in [0.4, 0.5) is 5.13 Å². The van der Waals surface area contributed by atoms with Crippen molar-refractivity contribution in [1.29, 1.82) is 0 Å². The molecule has 2 heterocycles. The molecule has 0 aliphatic heterocycles. The molecule has 0 bridgehead atoms. The minimum Gasteiger partial charge on any atom is -0.449 e. The highest BCUT2D eigenvalue weighted by molar-refractivity contribution is 7.13. The Balaban J connectivity index is 1.65. The van der Waals surface area contributed by atoms with Crippen molar-refractivity contribution in [2.45, 2.75) is 58.1 Å². The van der Waals surface area contributed by atoms with Crippen LogP contribution in [0.15, 0.2) is 23.0 Å². The Morgan fingerprint density at radius 1 is 1.30 bits per heavy atom. The van der Waals surface area contributed by atoms with Crippen molar-refractivity contribution >= 4 is 45.8 Å². The normalized spacial score (nSPS) is 16.4. The average Bonchev–Trinajstić information content (AvgIpc) is 3.33. The molecular weight excluding hydrogens is 382 g/mol. The topological polar surface area (TPSA) is 72.4 Å². The molecule has 8 heteroatoms.